The Kier molecular flexibility index (Phi) is 2.38. The molecule has 0 atom stereocenters. The second-order valence-electron chi connectivity index (χ2n) is 3.46. The molecular formula is C12H8N2O2S. The summed E-state index contributed by atoms with van der Waals surface area (Å²) in [6.45, 7) is 0. The summed E-state index contributed by atoms with van der Waals surface area (Å²) < 4.78 is 10.3. The molecule has 1 aromatic carbocycles. The molecule has 0 saturated carbocycles. The van der Waals surface area contributed by atoms with Crippen molar-refractivity contribution in [2.24, 2.45) is 0 Å². The van der Waals surface area contributed by atoms with Gasteiger partial charge in [-0.15, -0.1) is 0 Å². The number of hydrogen-bond acceptors (Lipinski definition) is 4. The lowest BCUT2D eigenvalue weighted by molar-refractivity contribution is 0.0996. The zero-order valence-electron chi connectivity index (χ0n) is 8.71. The quantitative estimate of drug-likeness (QED) is 0.753. The van der Waals surface area contributed by atoms with Gasteiger partial charge in [-0.05, 0) is 35.8 Å². The predicted octanol–water partition coefficient (Wildman–Crippen LogP) is 3.14. The van der Waals surface area contributed by atoms with E-state index in [-0.39, 0.29) is 11.7 Å². The van der Waals surface area contributed by atoms with Gasteiger partial charge < -0.3 is 9.73 Å². The smallest absolute Gasteiger partial charge is 0.292 e. The number of nitrogens with one attached hydrogen (secondary N) is 1. The van der Waals surface area contributed by atoms with Gasteiger partial charge in [-0.1, -0.05) is 12.1 Å². The number of aromatic nitrogens is 1. The number of fused-ring (bicyclic) bond motifs is 1. The van der Waals surface area contributed by atoms with Crippen LogP contribution in [0.1, 0.15) is 10.6 Å². The lowest BCUT2D eigenvalue weighted by Gasteiger charge is -1.99. The topological polar surface area (TPSA) is 55.1 Å². The highest BCUT2D eigenvalue weighted by Gasteiger charge is 2.12. The number of amides is 1. The van der Waals surface area contributed by atoms with Gasteiger partial charge in [0.05, 0.1) is 11.0 Å². The molecule has 0 fully saturated rings. The number of anilines is 1. The molecule has 84 valence electrons. The Balaban J connectivity index is 1.93. The average molecular weight is 244 g/mol. The summed E-state index contributed by atoms with van der Waals surface area (Å²) in [6.07, 6.45) is 1.47. The Labute approximate surface area is 101 Å². The Hall–Kier alpha value is -2.14. The van der Waals surface area contributed by atoms with Gasteiger partial charge in [0, 0.05) is 5.39 Å². The molecule has 0 aliphatic carbocycles. The van der Waals surface area contributed by atoms with Gasteiger partial charge in [-0.2, -0.15) is 4.37 Å². The van der Waals surface area contributed by atoms with Crippen LogP contribution < -0.4 is 5.32 Å². The fraction of sp³-hybridized carbons (Fsp3) is 0. The zero-order valence-corrected chi connectivity index (χ0v) is 9.53. The van der Waals surface area contributed by atoms with E-state index in [0.29, 0.717) is 5.82 Å². The van der Waals surface area contributed by atoms with Crippen molar-refractivity contribution >= 4 is 33.3 Å². The molecule has 17 heavy (non-hydrogen) atoms. The monoisotopic (exact) mass is 244 g/mol. The first-order chi connectivity index (χ1) is 8.34. The molecular weight excluding hydrogens is 236 g/mol. The first kappa shape index (κ1) is 10.0. The third-order valence-corrected chi connectivity index (χ3v) is 3.18. The van der Waals surface area contributed by atoms with E-state index in [1.165, 1.54) is 17.8 Å². The molecule has 2 aromatic heterocycles. The molecule has 3 rings (SSSR count). The van der Waals surface area contributed by atoms with E-state index in [2.05, 4.69) is 9.69 Å². The molecule has 0 radical (unpaired) electrons. The fourth-order valence-corrected chi connectivity index (χ4v) is 2.29. The van der Waals surface area contributed by atoms with E-state index < -0.39 is 0 Å². The Morgan fingerprint density at radius 2 is 2.12 bits per heavy atom. The molecule has 0 saturated heterocycles. The normalized spacial score (nSPS) is 10.6. The van der Waals surface area contributed by atoms with Crippen molar-refractivity contribution in [2.45, 2.75) is 0 Å². The van der Waals surface area contributed by atoms with Gasteiger partial charge in [0.2, 0.25) is 0 Å². The van der Waals surface area contributed by atoms with Crippen molar-refractivity contribution in [1.82, 2.24) is 4.37 Å². The minimum atomic E-state index is -0.286. The third-order valence-electron chi connectivity index (χ3n) is 2.35. The van der Waals surface area contributed by atoms with E-state index >= 15 is 0 Å². The molecule has 4 nitrogen and oxygen atoms in total. The van der Waals surface area contributed by atoms with Crippen molar-refractivity contribution in [2.75, 3.05) is 5.32 Å². The van der Waals surface area contributed by atoms with Gasteiger partial charge in [0.15, 0.2) is 11.6 Å². The van der Waals surface area contributed by atoms with Gasteiger partial charge in [-0.3, -0.25) is 4.79 Å². The van der Waals surface area contributed by atoms with Gasteiger partial charge >= 0.3 is 0 Å². The molecule has 0 bridgehead atoms. The zero-order chi connectivity index (χ0) is 11.7. The SMILES string of the molecule is O=C(Nc1nsc2ccccc12)c1ccco1. The Morgan fingerprint density at radius 3 is 2.94 bits per heavy atom. The van der Waals surface area contributed by atoms with Crippen molar-refractivity contribution in [3.05, 3.63) is 48.4 Å². The second kappa shape index (κ2) is 4.03. The largest absolute Gasteiger partial charge is 0.459 e. The van der Waals surface area contributed by atoms with Crippen LogP contribution in [0.5, 0.6) is 0 Å². The maximum Gasteiger partial charge on any atom is 0.292 e. The van der Waals surface area contributed by atoms with Crippen LogP contribution in [0.25, 0.3) is 10.1 Å². The number of carbonyl (C=O) groups excluding carboxylic acids is 1. The van der Waals surface area contributed by atoms with Gasteiger partial charge in [0.25, 0.3) is 5.91 Å². The van der Waals surface area contributed by atoms with E-state index in [0.717, 1.165) is 10.1 Å². The van der Waals surface area contributed by atoms with E-state index in [9.17, 15) is 4.79 Å². The Bertz CT molecular complexity index is 658. The van der Waals surface area contributed by atoms with Crippen LogP contribution in [0.3, 0.4) is 0 Å². The van der Waals surface area contributed by atoms with Gasteiger partial charge in [0.1, 0.15) is 0 Å². The maximum absolute atomic E-state index is 11.8. The van der Waals surface area contributed by atoms with Crippen LogP contribution in [0, 0.1) is 0 Å². The molecule has 0 spiro atoms. The lowest BCUT2D eigenvalue weighted by atomic mass is 10.2. The van der Waals surface area contributed by atoms with Crippen LogP contribution in [0.15, 0.2) is 47.1 Å². The van der Waals surface area contributed by atoms with E-state index in [4.69, 9.17) is 4.42 Å². The number of nitrogens with zero attached hydrogens (tertiary/aromatic N) is 1. The summed E-state index contributed by atoms with van der Waals surface area (Å²) >= 11 is 1.36. The van der Waals surface area contributed by atoms with Crippen LogP contribution in [0.2, 0.25) is 0 Å². The number of benzene rings is 1. The second-order valence-corrected chi connectivity index (χ2v) is 4.26. The molecule has 1 N–H and O–H groups in total. The number of furan rings is 1. The van der Waals surface area contributed by atoms with Crippen LogP contribution in [-0.2, 0) is 0 Å². The average Bonchev–Trinajstić information content (AvgIpc) is 2.98. The van der Waals surface area contributed by atoms with Crippen LogP contribution in [-0.4, -0.2) is 10.3 Å². The van der Waals surface area contributed by atoms with Crippen LogP contribution in [0.4, 0.5) is 5.82 Å². The summed E-state index contributed by atoms with van der Waals surface area (Å²) in [5.74, 6) is 0.570. The molecule has 0 aliphatic heterocycles. The fourth-order valence-electron chi connectivity index (χ4n) is 1.55. The predicted molar refractivity (Wildman–Crippen MR) is 66.3 cm³/mol. The molecule has 0 aliphatic rings. The minimum absolute atomic E-state index is 0.280. The highest BCUT2D eigenvalue weighted by atomic mass is 32.1. The van der Waals surface area contributed by atoms with E-state index in [1.54, 1.807) is 12.1 Å². The summed E-state index contributed by atoms with van der Waals surface area (Å²) in [6, 6.07) is 11.0. The first-order valence-corrected chi connectivity index (χ1v) is 5.81. The first-order valence-electron chi connectivity index (χ1n) is 5.04. The minimum Gasteiger partial charge on any atom is -0.459 e. The number of hydrogen-bond donors (Lipinski definition) is 1. The van der Waals surface area contributed by atoms with Crippen molar-refractivity contribution in [3.63, 3.8) is 0 Å². The van der Waals surface area contributed by atoms with Crippen LogP contribution >= 0.6 is 11.5 Å². The standard InChI is InChI=1S/C12H8N2O2S/c15-12(9-5-3-7-16-9)13-11-8-4-1-2-6-10(8)17-14-11/h1-7H,(H,13,14,15). The molecule has 3 aromatic rings. The Morgan fingerprint density at radius 1 is 1.24 bits per heavy atom. The summed E-state index contributed by atoms with van der Waals surface area (Å²) in [7, 11) is 0. The molecule has 0 unspecified atom stereocenters. The lowest BCUT2D eigenvalue weighted by Crippen LogP contribution is -2.11. The third kappa shape index (κ3) is 1.81. The highest BCUT2D eigenvalue weighted by molar-refractivity contribution is 7.13. The van der Waals surface area contributed by atoms with Gasteiger partial charge in [-0.25, -0.2) is 0 Å². The van der Waals surface area contributed by atoms with Crippen molar-refractivity contribution in [1.29, 1.82) is 0 Å². The molecule has 1 amide bonds. The summed E-state index contributed by atoms with van der Waals surface area (Å²) in [4.78, 5) is 11.8. The highest BCUT2D eigenvalue weighted by Crippen LogP contribution is 2.26. The maximum atomic E-state index is 11.8. The number of rotatable bonds is 2. The van der Waals surface area contributed by atoms with E-state index in [1.807, 2.05) is 24.3 Å². The summed E-state index contributed by atoms with van der Waals surface area (Å²) in [5.41, 5.74) is 0. The number of carbonyl (C=O) groups is 1. The van der Waals surface area contributed by atoms with Crippen molar-refractivity contribution in [3.8, 4) is 0 Å². The molecule has 2 heterocycles. The molecule has 5 heteroatoms. The summed E-state index contributed by atoms with van der Waals surface area (Å²) in [5, 5.41) is 3.68. The van der Waals surface area contributed by atoms with Crippen molar-refractivity contribution < 1.29 is 9.21 Å².